The molecule has 0 spiro atoms. The average Bonchev–Trinajstić information content (AvgIpc) is 2.97. The van der Waals surface area contributed by atoms with Crippen LogP contribution >= 0.6 is 0 Å². The van der Waals surface area contributed by atoms with Crippen molar-refractivity contribution in [1.82, 2.24) is 15.0 Å². The molecule has 3 rings (SSSR count). The van der Waals surface area contributed by atoms with Crippen LogP contribution < -0.4 is 4.90 Å². The van der Waals surface area contributed by atoms with Crippen molar-refractivity contribution in [2.24, 2.45) is 5.92 Å². The summed E-state index contributed by atoms with van der Waals surface area (Å²) in [5.74, 6) is -1.03. The minimum atomic E-state index is -0.723. The summed E-state index contributed by atoms with van der Waals surface area (Å²) in [5.41, 5.74) is 2.74. The maximum absolute atomic E-state index is 11.2. The fourth-order valence-corrected chi connectivity index (χ4v) is 3.04. The highest BCUT2D eigenvalue weighted by atomic mass is 16.4. The molecule has 1 aromatic carbocycles. The largest absolute Gasteiger partial charge is 0.481 e. The summed E-state index contributed by atoms with van der Waals surface area (Å²) in [5, 5.41) is 26.1. The molecule has 2 aromatic rings. The summed E-state index contributed by atoms with van der Waals surface area (Å²) in [7, 11) is 0. The molecule has 7 heteroatoms. The molecule has 0 bridgehead atoms. The molecule has 1 atom stereocenters. The lowest BCUT2D eigenvalue weighted by Gasteiger charge is -2.32. The van der Waals surface area contributed by atoms with Gasteiger partial charge in [0.05, 0.1) is 17.5 Å². The normalized spacial score (nSPS) is 18.0. The van der Waals surface area contributed by atoms with Gasteiger partial charge in [0.2, 0.25) is 0 Å². The van der Waals surface area contributed by atoms with Crippen LogP contribution in [0.5, 0.6) is 0 Å². The van der Waals surface area contributed by atoms with Crippen molar-refractivity contribution in [3.8, 4) is 6.07 Å². The van der Waals surface area contributed by atoms with Crippen molar-refractivity contribution >= 4 is 22.7 Å². The van der Waals surface area contributed by atoms with Gasteiger partial charge in [0.15, 0.2) is 0 Å². The smallest absolute Gasteiger partial charge is 0.308 e. The molecule has 1 unspecified atom stereocenters. The van der Waals surface area contributed by atoms with Crippen molar-refractivity contribution in [2.75, 3.05) is 18.0 Å². The van der Waals surface area contributed by atoms with Crippen LogP contribution in [0.1, 0.15) is 25.7 Å². The predicted octanol–water partition coefficient (Wildman–Crippen LogP) is 2.04. The number of fused-ring (bicyclic) bond motifs is 1. The molecule has 1 saturated heterocycles. The Morgan fingerprint density at radius 3 is 3.13 bits per heavy atom. The van der Waals surface area contributed by atoms with E-state index in [4.69, 9.17) is 5.26 Å². The van der Waals surface area contributed by atoms with E-state index in [-0.39, 0.29) is 5.92 Å². The first-order valence-electron chi connectivity index (χ1n) is 7.87. The first kappa shape index (κ1) is 15.3. The third kappa shape index (κ3) is 3.26. The van der Waals surface area contributed by atoms with E-state index in [0.717, 1.165) is 42.5 Å². The first-order valence-corrected chi connectivity index (χ1v) is 7.87. The highest BCUT2D eigenvalue weighted by Crippen LogP contribution is 2.26. The number of nitriles is 1. The molecule has 23 heavy (non-hydrogen) atoms. The summed E-state index contributed by atoms with van der Waals surface area (Å²) in [6.07, 6.45) is 2.88. The number of anilines is 1. The molecule has 0 amide bonds. The lowest BCUT2D eigenvalue weighted by atomic mass is 9.98. The van der Waals surface area contributed by atoms with E-state index in [0.29, 0.717) is 19.5 Å². The number of unbranched alkanes of at least 4 members (excludes halogenated alkanes) is 1. The van der Waals surface area contributed by atoms with Crippen LogP contribution in [0.25, 0.3) is 11.0 Å². The maximum atomic E-state index is 11.2. The Morgan fingerprint density at radius 1 is 1.48 bits per heavy atom. The molecule has 1 aliphatic rings. The second-order valence-electron chi connectivity index (χ2n) is 5.87. The maximum Gasteiger partial charge on any atom is 0.308 e. The average molecular weight is 313 g/mol. The Kier molecular flexibility index (Phi) is 4.42. The van der Waals surface area contributed by atoms with E-state index in [1.165, 1.54) is 0 Å². The van der Waals surface area contributed by atoms with Crippen molar-refractivity contribution in [3.63, 3.8) is 0 Å². The van der Waals surface area contributed by atoms with Gasteiger partial charge >= 0.3 is 5.97 Å². The predicted molar refractivity (Wildman–Crippen MR) is 84.9 cm³/mol. The molecule has 1 fully saturated rings. The zero-order valence-electron chi connectivity index (χ0n) is 12.9. The molecule has 1 N–H and O–H groups in total. The number of hydrogen-bond donors (Lipinski definition) is 1. The second kappa shape index (κ2) is 6.65. The summed E-state index contributed by atoms with van der Waals surface area (Å²) in [4.78, 5) is 13.3. The van der Waals surface area contributed by atoms with Crippen molar-refractivity contribution in [3.05, 3.63) is 18.2 Å². The molecule has 0 aliphatic carbocycles. The molecule has 7 nitrogen and oxygen atoms in total. The number of rotatable bonds is 5. The van der Waals surface area contributed by atoms with Gasteiger partial charge < -0.3 is 10.0 Å². The Hall–Kier alpha value is -2.62. The monoisotopic (exact) mass is 313 g/mol. The van der Waals surface area contributed by atoms with Crippen LogP contribution in [0.15, 0.2) is 18.2 Å². The minimum Gasteiger partial charge on any atom is -0.481 e. The lowest BCUT2D eigenvalue weighted by Crippen LogP contribution is -2.38. The topological polar surface area (TPSA) is 95.0 Å². The molecule has 0 radical (unpaired) electrons. The number of piperidine rings is 1. The standard InChI is InChI=1S/C16H19N5O2/c17-7-1-2-9-21-15-6-5-13(10-14(15)18-19-21)20-8-3-4-12(11-20)16(22)23/h5-6,10,12H,1-4,8-9,11H2,(H,22,23). The van der Waals surface area contributed by atoms with Crippen LogP contribution in [-0.2, 0) is 11.3 Å². The van der Waals surface area contributed by atoms with Crippen LogP contribution in [0.4, 0.5) is 5.69 Å². The van der Waals surface area contributed by atoms with E-state index < -0.39 is 5.97 Å². The van der Waals surface area contributed by atoms with Crippen molar-refractivity contribution < 1.29 is 9.90 Å². The van der Waals surface area contributed by atoms with Gasteiger partial charge in [0.25, 0.3) is 0 Å². The number of carbonyl (C=O) groups is 1. The van der Waals surface area contributed by atoms with Gasteiger partial charge in [-0.25, -0.2) is 4.68 Å². The number of aryl methyl sites for hydroxylation is 1. The third-order valence-corrected chi connectivity index (χ3v) is 4.29. The number of aromatic nitrogens is 3. The van der Waals surface area contributed by atoms with Crippen LogP contribution in [-0.4, -0.2) is 39.2 Å². The minimum absolute atomic E-state index is 0.305. The van der Waals surface area contributed by atoms with E-state index in [2.05, 4.69) is 21.3 Å². The molecular formula is C16H19N5O2. The quantitative estimate of drug-likeness (QED) is 0.849. The van der Waals surface area contributed by atoms with Crippen LogP contribution in [0.2, 0.25) is 0 Å². The third-order valence-electron chi connectivity index (χ3n) is 4.29. The Morgan fingerprint density at radius 2 is 2.35 bits per heavy atom. The summed E-state index contributed by atoms with van der Waals surface area (Å²) < 4.78 is 1.81. The van der Waals surface area contributed by atoms with E-state index in [1.54, 1.807) is 0 Å². The zero-order valence-corrected chi connectivity index (χ0v) is 12.9. The van der Waals surface area contributed by atoms with Gasteiger partial charge in [-0.2, -0.15) is 5.26 Å². The zero-order chi connectivity index (χ0) is 16.2. The summed E-state index contributed by atoms with van der Waals surface area (Å²) in [6, 6.07) is 8.06. The summed E-state index contributed by atoms with van der Waals surface area (Å²) >= 11 is 0. The second-order valence-corrected chi connectivity index (χ2v) is 5.87. The summed E-state index contributed by atoms with van der Waals surface area (Å²) in [6.45, 7) is 2.08. The fourth-order valence-electron chi connectivity index (χ4n) is 3.04. The molecule has 0 saturated carbocycles. The Labute approximate surface area is 134 Å². The van der Waals surface area contributed by atoms with Gasteiger partial charge in [-0.3, -0.25) is 4.79 Å². The molecule has 1 aliphatic heterocycles. The number of nitrogens with zero attached hydrogens (tertiary/aromatic N) is 5. The van der Waals surface area contributed by atoms with Gasteiger partial charge in [0, 0.05) is 31.7 Å². The molecule has 120 valence electrons. The van der Waals surface area contributed by atoms with Gasteiger partial charge in [-0.05, 0) is 37.5 Å². The van der Waals surface area contributed by atoms with Crippen LogP contribution in [0, 0.1) is 17.2 Å². The number of carboxylic acid groups (broad SMARTS) is 1. The number of benzene rings is 1. The van der Waals surface area contributed by atoms with E-state index in [1.807, 2.05) is 22.9 Å². The van der Waals surface area contributed by atoms with E-state index in [9.17, 15) is 9.90 Å². The van der Waals surface area contributed by atoms with Gasteiger partial charge in [-0.15, -0.1) is 5.10 Å². The van der Waals surface area contributed by atoms with Crippen molar-refractivity contribution in [1.29, 1.82) is 5.26 Å². The van der Waals surface area contributed by atoms with Crippen molar-refractivity contribution in [2.45, 2.75) is 32.2 Å². The number of hydrogen-bond acceptors (Lipinski definition) is 5. The van der Waals surface area contributed by atoms with E-state index >= 15 is 0 Å². The molecule has 1 aromatic heterocycles. The lowest BCUT2D eigenvalue weighted by molar-refractivity contribution is -0.141. The highest BCUT2D eigenvalue weighted by molar-refractivity contribution is 5.79. The number of carboxylic acids is 1. The fraction of sp³-hybridized carbons (Fsp3) is 0.500. The first-order chi connectivity index (χ1) is 11.2. The van der Waals surface area contributed by atoms with Crippen LogP contribution in [0.3, 0.4) is 0 Å². The number of aliphatic carboxylic acids is 1. The Balaban J connectivity index is 1.78. The Bertz CT molecular complexity index is 748. The SMILES string of the molecule is N#CCCCn1nnc2cc(N3CCCC(C(=O)O)C3)ccc21. The molecular weight excluding hydrogens is 294 g/mol. The van der Waals surface area contributed by atoms with Gasteiger partial charge in [-0.1, -0.05) is 5.21 Å². The highest BCUT2D eigenvalue weighted by Gasteiger charge is 2.25. The van der Waals surface area contributed by atoms with Gasteiger partial charge in [0.1, 0.15) is 5.52 Å². The molecule has 2 heterocycles.